The van der Waals surface area contributed by atoms with Gasteiger partial charge in [0.05, 0.1) is 11.6 Å². The lowest BCUT2D eigenvalue weighted by molar-refractivity contribution is -0.125. The summed E-state index contributed by atoms with van der Waals surface area (Å²) in [5.74, 6) is -2.00. The van der Waals surface area contributed by atoms with Gasteiger partial charge in [-0.25, -0.2) is 9.18 Å². The summed E-state index contributed by atoms with van der Waals surface area (Å²) in [7, 11) is 0. The second kappa shape index (κ2) is 7.03. The van der Waals surface area contributed by atoms with Crippen molar-refractivity contribution in [1.29, 1.82) is 5.26 Å². The lowest BCUT2D eigenvalue weighted by Crippen LogP contribution is -2.50. The number of nitrogens with zero attached hydrogens (tertiary/aromatic N) is 1. The number of rotatable bonds is 5. The van der Waals surface area contributed by atoms with Crippen LogP contribution < -0.4 is 5.32 Å². The summed E-state index contributed by atoms with van der Waals surface area (Å²) in [6.07, 6.45) is 0. The number of hydrogen-bond acceptors (Lipinski definition) is 4. The van der Waals surface area contributed by atoms with Gasteiger partial charge in [0.2, 0.25) is 0 Å². The molecule has 0 saturated carbocycles. The summed E-state index contributed by atoms with van der Waals surface area (Å²) in [6, 6.07) is 5.96. The summed E-state index contributed by atoms with van der Waals surface area (Å²) >= 11 is 0. The molecule has 0 fully saturated rings. The number of amides is 1. The van der Waals surface area contributed by atoms with Crippen molar-refractivity contribution in [2.75, 3.05) is 6.61 Å². The molecule has 118 valence electrons. The number of aryl methyl sites for hydroxylation is 1. The van der Waals surface area contributed by atoms with Crippen LogP contribution in [-0.2, 0) is 9.53 Å². The van der Waals surface area contributed by atoms with Crippen molar-refractivity contribution in [2.24, 2.45) is 5.92 Å². The molecule has 1 N–H and O–H groups in total. The molecule has 6 heteroatoms. The first-order chi connectivity index (χ1) is 10.2. The van der Waals surface area contributed by atoms with E-state index in [1.807, 2.05) is 6.07 Å². The average Bonchev–Trinajstić information content (AvgIpc) is 2.47. The fourth-order valence-electron chi connectivity index (χ4n) is 1.56. The van der Waals surface area contributed by atoms with Crippen LogP contribution in [0, 0.1) is 30.0 Å². The third-order valence-corrected chi connectivity index (χ3v) is 3.53. The number of halogens is 1. The van der Waals surface area contributed by atoms with E-state index in [1.54, 1.807) is 27.7 Å². The minimum Gasteiger partial charge on any atom is -0.452 e. The van der Waals surface area contributed by atoms with E-state index in [0.717, 1.165) is 6.07 Å². The van der Waals surface area contributed by atoms with Crippen molar-refractivity contribution in [3.8, 4) is 6.07 Å². The Hall–Kier alpha value is -2.42. The molecule has 0 aliphatic rings. The molecular weight excluding hydrogens is 287 g/mol. The van der Waals surface area contributed by atoms with Gasteiger partial charge in [0.25, 0.3) is 5.91 Å². The second-order valence-corrected chi connectivity index (χ2v) is 5.56. The Morgan fingerprint density at radius 1 is 1.45 bits per heavy atom. The first-order valence-electron chi connectivity index (χ1n) is 6.85. The van der Waals surface area contributed by atoms with Gasteiger partial charge < -0.3 is 10.1 Å². The molecule has 0 aromatic heterocycles. The van der Waals surface area contributed by atoms with E-state index in [0.29, 0.717) is 5.56 Å². The largest absolute Gasteiger partial charge is 0.452 e. The highest BCUT2D eigenvalue weighted by molar-refractivity contribution is 5.91. The van der Waals surface area contributed by atoms with E-state index in [9.17, 15) is 14.0 Å². The molecular formula is C16H19FN2O3. The fraction of sp³-hybridized carbons (Fsp3) is 0.438. The molecule has 5 nitrogen and oxygen atoms in total. The minimum atomic E-state index is -1.04. The van der Waals surface area contributed by atoms with Crippen molar-refractivity contribution in [3.05, 3.63) is 35.1 Å². The van der Waals surface area contributed by atoms with Gasteiger partial charge in [-0.3, -0.25) is 4.79 Å². The first kappa shape index (κ1) is 17.6. The molecule has 1 atom stereocenters. The van der Waals surface area contributed by atoms with Crippen LogP contribution in [-0.4, -0.2) is 24.0 Å². The average molecular weight is 306 g/mol. The lowest BCUT2D eigenvalue weighted by atomic mass is 9.90. The molecule has 0 aliphatic carbocycles. The molecule has 0 aliphatic heterocycles. The van der Waals surface area contributed by atoms with Crippen LogP contribution in [0.4, 0.5) is 4.39 Å². The molecule has 0 radical (unpaired) electrons. The van der Waals surface area contributed by atoms with Gasteiger partial charge in [-0.1, -0.05) is 19.9 Å². The van der Waals surface area contributed by atoms with E-state index in [4.69, 9.17) is 10.00 Å². The summed E-state index contributed by atoms with van der Waals surface area (Å²) in [5, 5.41) is 11.6. The van der Waals surface area contributed by atoms with Crippen molar-refractivity contribution >= 4 is 11.9 Å². The molecule has 1 aromatic carbocycles. The molecule has 0 bridgehead atoms. The van der Waals surface area contributed by atoms with Crippen LogP contribution in [0.3, 0.4) is 0 Å². The molecule has 0 unspecified atom stereocenters. The maximum atomic E-state index is 13.4. The van der Waals surface area contributed by atoms with Gasteiger partial charge in [-0.2, -0.15) is 5.26 Å². The Bertz CT molecular complexity index is 622. The normalized spacial score (nSPS) is 13.1. The third-order valence-electron chi connectivity index (χ3n) is 3.53. The Morgan fingerprint density at radius 3 is 2.59 bits per heavy atom. The topological polar surface area (TPSA) is 79.2 Å². The zero-order valence-corrected chi connectivity index (χ0v) is 13.1. The van der Waals surface area contributed by atoms with Crippen molar-refractivity contribution in [3.63, 3.8) is 0 Å². The monoisotopic (exact) mass is 306 g/mol. The molecule has 22 heavy (non-hydrogen) atoms. The van der Waals surface area contributed by atoms with E-state index >= 15 is 0 Å². The fourth-order valence-corrected chi connectivity index (χ4v) is 1.56. The number of ether oxygens (including phenoxy) is 1. The van der Waals surface area contributed by atoms with Gasteiger partial charge >= 0.3 is 5.97 Å². The number of carbonyl (C=O) groups is 2. The zero-order chi connectivity index (χ0) is 16.9. The van der Waals surface area contributed by atoms with Gasteiger partial charge in [0, 0.05) is 0 Å². The Labute approximate surface area is 129 Å². The summed E-state index contributed by atoms with van der Waals surface area (Å²) in [4.78, 5) is 23.5. The van der Waals surface area contributed by atoms with Gasteiger partial charge in [-0.15, -0.1) is 0 Å². The molecule has 1 aromatic rings. The highest BCUT2D eigenvalue weighted by Gasteiger charge is 2.30. The maximum absolute atomic E-state index is 13.4. The Balaban J connectivity index is 2.62. The third kappa shape index (κ3) is 4.29. The quantitative estimate of drug-likeness (QED) is 0.847. The lowest BCUT2D eigenvalue weighted by Gasteiger charge is -2.27. The maximum Gasteiger partial charge on any atom is 0.338 e. The summed E-state index contributed by atoms with van der Waals surface area (Å²) in [5.41, 5.74) is -0.599. The highest BCUT2D eigenvalue weighted by Crippen LogP contribution is 2.15. The van der Waals surface area contributed by atoms with Crippen LogP contribution in [0.1, 0.15) is 36.7 Å². The summed E-state index contributed by atoms with van der Waals surface area (Å²) < 4.78 is 18.2. The minimum absolute atomic E-state index is 0.0304. The van der Waals surface area contributed by atoms with Crippen LogP contribution in [0.15, 0.2) is 18.2 Å². The van der Waals surface area contributed by atoms with Gasteiger partial charge in [0.15, 0.2) is 6.61 Å². The molecule has 1 amide bonds. The second-order valence-electron chi connectivity index (χ2n) is 5.56. The smallest absolute Gasteiger partial charge is 0.338 e. The number of esters is 1. The number of nitriles is 1. The van der Waals surface area contributed by atoms with Crippen molar-refractivity contribution in [2.45, 2.75) is 33.2 Å². The van der Waals surface area contributed by atoms with Crippen LogP contribution in [0.25, 0.3) is 0 Å². The van der Waals surface area contributed by atoms with E-state index in [-0.39, 0.29) is 11.5 Å². The predicted octanol–water partition coefficient (Wildman–Crippen LogP) is 2.35. The first-order valence-corrected chi connectivity index (χ1v) is 6.85. The summed E-state index contributed by atoms with van der Waals surface area (Å²) in [6.45, 7) is 6.23. The van der Waals surface area contributed by atoms with Crippen LogP contribution in [0.5, 0.6) is 0 Å². The number of nitrogens with one attached hydrogen (secondary N) is 1. The SMILES string of the molecule is Cc1ccc(C(=O)OCC(=O)N[C@](C)(C#N)C(C)C)cc1F. The van der Waals surface area contributed by atoms with Gasteiger partial charge in [-0.05, 0) is 37.5 Å². The predicted molar refractivity (Wildman–Crippen MR) is 78.4 cm³/mol. The number of carbonyl (C=O) groups excluding carboxylic acids is 2. The molecule has 0 spiro atoms. The zero-order valence-electron chi connectivity index (χ0n) is 13.1. The van der Waals surface area contributed by atoms with Crippen molar-refractivity contribution in [1.82, 2.24) is 5.32 Å². The highest BCUT2D eigenvalue weighted by atomic mass is 19.1. The van der Waals surface area contributed by atoms with Crippen LogP contribution in [0.2, 0.25) is 0 Å². The molecule has 0 heterocycles. The number of benzene rings is 1. The Morgan fingerprint density at radius 2 is 2.09 bits per heavy atom. The van der Waals surface area contributed by atoms with E-state index in [2.05, 4.69) is 5.32 Å². The van der Waals surface area contributed by atoms with Crippen molar-refractivity contribution < 1.29 is 18.7 Å². The Kier molecular flexibility index (Phi) is 5.63. The van der Waals surface area contributed by atoms with Crippen LogP contribution >= 0.6 is 0 Å². The molecule has 1 rings (SSSR count). The van der Waals surface area contributed by atoms with E-state index < -0.39 is 29.8 Å². The van der Waals surface area contributed by atoms with E-state index in [1.165, 1.54) is 12.1 Å². The standard InChI is InChI=1S/C16H19FN2O3/c1-10(2)16(4,9-18)19-14(20)8-22-15(21)12-6-5-11(3)13(17)7-12/h5-7,10H,8H2,1-4H3,(H,19,20)/t16-/m1/s1. The number of hydrogen-bond donors (Lipinski definition) is 1. The molecule has 0 saturated heterocycles. The van der Waals surface area contributed by atoms with Gasteiger partial charge in [0.1, 0.15) is 11.4 Å².